The number of carbonyl (C=O) groups excluding carboxylic acids is 9. The topological polar surface area (TPSA) is 490 Å². The van der Waals surface area contributed by atoms with Crippen LogP contribution in [0.3, 0.4) is 0 Å². The third-order valence-electron chi connectivity index (χ3n) is 15.2. The molecule has 1 aromatic carbocycles. The number of carboxylic acid groups (broad SMARTS) is 1. The molecule has 2 aromatic rings. The van der Waals surface area contributed by atoms with E-state index in [0.29, 0.717) is 63.5 Å². The largest absolute Gasteiger partial charge is 0.480 e. The molecule has 9 amide bonds. The number of likely N-dealkylation sites (tertiary alicyclic amines) is 3. The Morgan fingerprint density at radius 3 is 1.81 bits per heavy atom. The van der Waals surface area contributed by atoms with Crippen molar-refractivity contribution in [2.45, 2.75) is 165 Å². The van der Waals surface area contributed by atoms with Gasteiger partial charge in [0, 0.05) is 56.2 Å². The Kier molecular flexibility index (Phi) is 26.6. The lowest BCUT2D eigenvalue weighted by atomic mass is 10.0. The smallest absolute Gasteiger partial charge is 0.326 e. The highest BCUT2D eigenvalue weighted by molar-refractivity contribution is 5.99. The number of hydrogen-bond donors (Lipinski definition) is 15. The average Bonchev–Trinajstić information content (AvgIpc) is 2.85. The van der Waals surface area contributed by atoms with E-state index in [2.05, 4.69) is 46.9 Å². The van der Waals surface area contributed by atoms with Crippen molar-refractivity contribution in [2.75, 3.05) is 52.4 Å². The number of guanidine groups is 2. The number of aromatic amines is 1. The highest BCUT2D eigenvalue weighted by Gasteiger charge is 2.44. The minimum absolute atomic E-state index is 0.00974. The van der Waals surface area contributed by atoms with Crippen molar-refractivity contribution >= 4 is 82.0 Å². The van der Waals surface area contributed by atoms with Crippen LogP contribution in [0.25, 0.3) is 10.9 Å². The molecule has 30 heteroatoms. The number of aliphatic carboxylic acids is 1. The average molecular weight is 1190 g/mol. The van der Waals surface area contributed by atoms with Crippen LogP contribution in [0.1, 0.15) is 109 Å². The molecule has 3 aliphatic heterocycles. The first-order valence-electron chi connectivity index (χ1n) is 29.2. The lowest BCUT2D eigenvalue weighted by Crippen LogP contribution is -2.60. The van der Waals surface area contributed by atoms with Gasteiger partial charge >= 0.3 is 5.97 Å². The number of hydrogen-bond acceptors (Lipinski definition) is 15. The maximum atomic E-state index is 14.4. The third-order valence-corrected chi connectivity index (χ3v) is 15.2. The number of para-hydroxylation sites is 1. The third kappa shape index (κ3) is 20.0. The van der Waals surface area contributed by atoms with Gasteiger partial charge in [0.2, 0.25) is 53.2 Å². The minimum Gasteiger partial charge on any atom is -0.480 e. The van der Waals surface area contributed by atoms with E-state index < -0.39 is 127 Å². The quantitative estimate of drug-likeness (QED) is 0.0184. The van der Waals surface area contributed by atoms with Gasteiger partial charge < -0.3 is 96.2 Å². The number of carbonyl (C=O) groups is 10. The lowest BCUT2D eigenvalue weighted by molar-refractivity contribution is -0.148. The molecular weight excluding hydrogens is 1100 g/mol. The summed E-state index contributed by atoms with van der Waals surface area (Å²) in [4.78, 5) is 153. The Morgan fingerprint density at radius 2 is 1.20 bits per heavy atom. The number of rotatable bonds is 33. The van der Waals surface area contributed by atoms with Gasteiger partial charge in [0.25, 0.3) is 0 Å². The monoisotopic (exact) mass is 1190 g/mol. The molecule has 0 unspecified atom stereocenters. The molecule has 1 aromatic heterocycles. The number of aromatic nitrogens is 1. The van der Waals surface area contributed by atoms with Crippen LogP contribution in [0, 0.1) is 5.92 Å². The van der Waals surface area contributed by atoms with Crippen LogP contribution >= 0.6 is 0 Å². The predicted octanol–water partition coefficient (Wildman–Crippen LogP) is -4.09. The van der Waals surface area contributed by atoms with Gasteiger partial charge in [-0.25, -0.2) is 4.79 Å². The molecule has 30 nitrogen and oxygen atoms in total. The molecule has 5 rings (SSSR count). The number of amides is 9. The molecule has 470 valence electrons. The lowest BCUT2D eigenvalue weighted by Gasteiger charge is -2.33. The summed E-state index contributed by atoms with van der Waals surface area (Å²) in [6.45, 7) is 3.25. The Morgan fingerprint density at radius 1 is 0.647 bits per heavy atom. The van der Waals surface area contributed by atoms with Crippen LogP contribution in [0.2, 0.25) is 0 Å². The first-order valence-corrected chi connectivity index (χ1v) is 29.2. The fourth-order valence-corrected chi connectivity index (χ4v) is 10.9. The number of fused-ring (bicyclic) bond motifs is 1. The number of H-pyrrole nitrogens is 1. The maximum absolute atomic E-state index is 14.4. The molecule has 85 heavy (non-hydrogen) atoms. The normalized spacial score (nSPS) is 18.8. The second kappa shape index (κ2) is 33.4. The number of aliphatic imine (C=N–C) groups is 2. The minimum atomic E-state index is -1.61. The number of aliphatic hydroxyl groups excluding tert-OH is 1. The van der Waals surface area contributed by atoms with Crippen LogP contribution in [0.5, 0.6) is 0 Å². The van der Waals surface area contributed by atoms with Gasteiger partial charge in [0.05, 0.1) is 19.2 Å². The van der Waals surface area contributed by atoms with Gasteiger partial charge in [-0.15, -0.1) is 0 Å². The molecular formula is C55H88N18O12. The highest BCUT2D eigenvalue weighted by atomic mass is 16.4. The van der Waals surface area contributed by atoms with Gasteiger partial charge in [-0.3, -0.25) is 53.1 Å². The molecule has 3 aliphatic rings. The Labute approximate surface area is 493 Å². The predicted molar refractivity (Wildman–Crippen MR) is 314 cm³/mol. The molecule has 3 fully saturated rings. The number of aliphatic hydroxyl groups is 1. The Bertz CT molecular complexity index is 2710. The summed E-state index contributed by atoms with van der Waals surface area (Å²) >= 11 is 0. The molecule has 9 atom stereocenters. The van der Waals surface area contributed by atoms with Crippen LogP contribution in [-0.4, -0.2) is 208 Å². The van der Waals surface area contributed by atoms with Crippen molar-refractivity contribution in [3.63, 3.8) is 0 Å². The number of nitrogens with two attached hydrogens (primary N) is 6. The summed E-state index contributed by atoms with van der Waals surface area (Å²) in [5.41, 5.74) is 34.8. The summed E-state index contributed by atoms with van der Waals surface area (Å²) in [5.74, 6) is -7.90. The van der Waals surface area contributed by atoms with E-state index in [-0.39, 0.29) is 95.5 Å². The zero-order valence-electron chi connectivity index (χ0n) is 48.6. The van der Waals surface area contributed by atoms with Crippen LogP contribution in [0.15, 0.2) is 40.4 Å². The molecule has 0 spiro atoms. The first-order chi connectivity index (χ1) is 40.5. The molecule has 3 saturated heterocycles. The standard InChI is InChI=1S/C55H88N18O12/c1-31(2)26-38(46(77)68-37(53(84)85)16-8-22-63-55(60)61)69-49(80)42-18-10-23-71(42)51(82)40(30-74)70-47(78)39(27-32-28-64-35-14-4-3-12-33(32)35)66-44(75)29-65-48(79)41-17-9-24-72(41)52(83)43-19-11-25-73(43)50(81)36(15-7-21-62-54(58)59)67-45(76)34(57)13-5-6-20-56/h3-4,12,14,28,31,34,36-43,64,74H,5-11,13,15-27,29-30,56-57H2,1-2H3,(H,65,79)(H,66,75)(H,67,76)(H,68,77)(H,69,80)(H,70,78)(H,84,85)(H4,58,59,62)(H4,60,61,63)/t34-,36-,37-,38-,39-,40-,41-,42-,43-/m0/s1. The maximum Gasteiger partial charge on any atom is 0.326 e. The van der Waals surface area contributed by atoms with Crippen molar-refractivity contribution in [1.29, 1.82) is 0 Å². The number of unbranched alkanes of at least 4 members (excludes halogenated alkanes) is 1. The van der Waals surface area contributed by atoms with Crippen molar-refractivity contribution in [2.24, 2.45) is 50.3 Å². The van der Waals surface area contributed by atoms with Crippen molar-refractivity contribution in [3.8, 4) is 0 Å². The highest BCUT2D eigenvalue weighted by Crippen LogP contribution is 2.27. The SMILES string of the molecule is CC(C)C[C@H](NC(=O)[C@@H]1CCCN1C(=O)[C@H](CO)NC(=O)[C@H](Cc1c[nH]c2ccccc12)NC(=O)CNC(=O)[C@@H]1CCCN1C(=O)[C@@H]1CCCN1C(=O)[C@H](CCCN=C(N)N)NC(=O)[C@@H](N)CCCCN)C(=O)N[C@@H](CCCN=C(N)N)C(=O)O. The zero-order chi connectivity index (χ0) is 62.3. The molecule has 0 saturated carbocycles. The number of carboxylic acids is 1. The molecule has 0 bridgehead atoms. The van der Waals surface area contributed by atoms with Crippen molar-refractivity contribution in [3.05, 3.63) is 36.0 Å². The van der Waals surface area contributed by atoms with Gasteiger partial charge in [-0.2, -0.15) is 0 Å². The van der Waals surface area contributed by atoms with E-state index in [4.69, 9.17) is 34.4 Å². The van der Waals surface area contributed by atoms with Crippen LogP contribution in [0.4, 0.5) is 0 Å². The van der Waals surface area contributed by atoms with Gasteiger partial charge in [-0.1, -0.05) is 38.5 Å². The fraction of sp³-hybridized carbons (Fsp3) is 0.636. The summed E-state index contributed by atoms with van der Waals surface area (Å²) < 4.78 is 0. The summed E-state index contributed by atoms with van der Waals surface area (Å²) in [5, 5.41) is 36.9. The molecule has 0 radical (unpaired) electrons. The molecule has 21 N–H and O–H groups in total. The molecule has 0 aliphatic carbocycles. The zero-order valence-corrected chi connectivity index (χ0v) is 48.6. The van der Waals surface area contributed by atoms with Crippen LogP contribution in [-0.2, 0) is 54.4 Å². The van der Waals surface area contributed by atoms with E-state index in [0.717, 1.165) is 10.9 Å². The Balaban J connectivity index is 1.25. The van der Waals surface area contributed by atoms with E-state index in [1.54, 1.807) is 38.2 Å². The van der Waals surface area contributed by atoms with E-state index >= 15 is 0 Å². The second-order valence-electron chi connectivity index (χ2n) is 22.2. The summed E-state index contributed by atoms with van der Waals surface area (Å²) in [6.07, 6.45) is 5.93. The molecule has 4 heterocycles. The first kappa shape index (κ1) is 67.7. The van der Waals surface area contributed by atoms with E-state index in [9.17, 15) is 58.2 Å². The van der Waals surface area contributed by atoms with Crippen molar-refractivity contribution in [1.82, 2.24) is 51.6 Å². The summed E-state index contributed by atoms with van der Waals surface area (Å²) in [7, 11) is 0. The summed E-state index contributed by atoms with van der Waals surface area (Å²) in [6, 6.07) is -3.38. The van der Waals surface area contributed by atoms with Gasteiger partial charge in [0.1, 0.15) is 48.3 Å². The number of nitrogens with zero attached hydrogens (tertiary/aromatic N) is 5. The van der Waals surface area contributed by atoms with Crippen LogP contribution < -0.4 is 66.3 Å². The van der Waals surface area contributed by atoms with E-state index in [1.807, 2.05) is 6.07 Å². The van der Waals surface area contributed by atoms with Gasteiger partial charge in [-0.05, 0) is 108 Å². The number of benzene rings is 1. The Hall–Kier alpha value is -8.12. The van der Waals surface area contributed by atoms with Gasteiger partial charge in [0.15, 0.2) is 11.9 Å². The van der Waals surface area contributed by atoms with E-state index in [1.165, 1.54) is 14.7 Å². The second-order valence-corrected chi connectivity index (χ2v) is 22.2. The van der Waals surface area contributed by atoms with Crippen molar-refractivity contribution < 1.29 is 58.2 Å². The fourth-order valence-electron chi connectivity index (χ4n) is 10.9. The number of nitrogens with one attached hydrogen (secondary N) is 7.